The number of amidine groups is 1. The molecule has 9 heteroatoms. The number of carbonyl (C=O) groups is 3. The van der Waals surface area contributed by atoms with Crippen LogP contribution < -0.4 is 11.1 Å². The first-order chi connectivity index (χ1) is 14.4. The Balaban J connectivity index is 1.62. The molecule has 0 saturated heterocycles. The number of hydrogen-bond donors (Lipinski definition) is 4. The highest BCUT2D eigenvalue weighted by Gasteiger charge is 2.29. The number of nitrogens with zero attached hydrogens (tertiary/aromatic N) is 1. The van der Waals surface area contributed by atoms with Gasteiger partial charge in [0.05, 0.1) is 0 Å². The molecule has 0 heterocycles. The third-order valence-corrected chi connectivity index (χ3v) is 4.86. The highest BCUT2D eigenvalue weighted by atomic mass is 16.5. The quantitative estimate of drug-likeness (QED) is 0.404. The van der Waals surface area contributed by atoms with Gasteiger partial charge in [0.2, 0.25) is 0 Å². The van der Waals surface area contributed by atoms with Crippen LogP contribution in [0.15, 0.2) is 53.5 Å². The maximum absolute atomic E-state index is 12.2. The number of hydrogen-bond acceptors (Lipinski definition) is 4. The van der Waals surface area contributed by atoms with Crippen molar-refractivity contribution in [1.29, 1.82) is 0 Å². The number of fused-ring (bicyclic) bond motifs is 3. The van der Waals surface area contributed by atoms with E-state index in [4.69, 9.17) is 15.6 Å². The van der Waals surface area contributed by atoms with E-state index in [9.17, 15) is 19.5 Å². The van der Waals surface area contributed by atoms with Gasteiger partial charge in [-0.15, -0.1) is 0 Å². The molecule has 30 heavy (non-hydrogen) atoms. The second kappa shape index (κ2) is 9.08. The Hall–Kier alpha value is -3.88. The summed E-state index contributed by atoms with van der Waals surface area (Å²) in [4.78, 5) is 37.2. The lowest BCUT2D eigenvalue weighted by Crippen LogP contribution is -2.42. The number of ether oxygens (including phenoxy) is 1. The molecule has 1 aliphatic rings. The van der Waals surface area contributed by atoms with Gasteiger partial charge in [0, 0.05) is 12.3 Å². The van der Waals surface area contributed by atoms with Crippen LogP contribution in [0.4, 0.5) is 9.59 Å². The SMILES string of the molecule is NC(CC[C@H](NC(=O)OCC1c2ccccc2-c2ccccc21)C(=O)O)=NC(=O)O. The Morgan fingerprint density at radius 2 is 1.60 bits per heavy atom. The number of carboxylic acid groups (broad SMARTS) is 2. The molecular weight excluding hydrogens is 390 g/mol. The van der Waals surface area contributed by atoms with Crippen molar-refractivity contribution in [2.24, 2.45) is 10.7 Å². The van der Waals surface area contributed by atoms with Crippen LogP contribution in [0.1, 0.15) is 29.9 Å². The fourth-order valence-electron chi connectivity index (χ4n) is 3.51. The molecule has 5 N–H and O–H groups in total. The summed E-state index contributed by atoms with van der Waals surface area (Å²) in [6, 6.07) is 14.4. The van der Waals surface area contributed by atoms with Crippen LogP contribution in [0.3, 0.4) is 0 Å². The molecule has 0 radical (unpaired) electrons. The molecule has 0 spiro atoms. The zero-order valence-corrected chi connectivity index (χ0v) is 15.9. The summed E-state index contributed by atoms with van der Waals surface area (Å²) in [5, 5.41) is 20.1. The average Bonchev–Trinajstić information content (AvgIpc) is 3.02. The first kappa shape index (κ1) is 20.8. The van der Waals surface area contributed by atoms with Gasteiger partial charge in [-0.2, -0.15) is 4.99 Å². The molecule has 0 unspecified atom stereocenters. The fourth-order valence-corrected chi connectivity index (χ4v) is 3.51. The molecule has 0 aromatic heterocycles. The minimum atomic E-state index is -1.47. The highest BCUT2D eigenvalue weighted by molar-refractivity contribution is 5.90. The summed E-state index contributed by atoms with van der Waals surface area (Å²) in [5.41, 5.74) is 9.66. The number of alkyl carbamates (subject to hydrolysis) is 1. The number of nitrogens with one attached hydrogen (secondary N) is 1. The minimum absolute atomic E-state index is 0.0504. The third-order valence-electron chi connectivity index (χ3n) is 4.86. The predicted octanol–water partition coefficient (Wildman–Crippen LogP) is 2.79. The lowest BCUT2D eigenvalue weighted by atomic mass is 9.98. The molecule has 2 amide bonds. The van der Waals surface area contributed by atoms with Crippen LogP contribution in [0, 0.1) is 0 Å². The largest absolute Gasteiger partial charge is 0.480 e. The predicted molar refractivity (Wildman–Crippen MR) is 109 cm³/mol. The smallest absolute Gasteiger partial charge is 0.432 e. The minimum Gasteiger partial charge on any atom is -0.480 e. The van der Waals surface area contributed by atoms with Crippen LogP contribution >= 0.6 is 0 Å². The summed E-state index contributed by atoms with van der Waals surface area (Å²) in [5.74, 6) is -1.67. The number of nitrogens with two attached hydrogens (primary N) is 1. The molecule has 3 rings (SSSR count). The monoisotopic (exact) mass is 411 g/mol. The molecule has 0 fully saturated rings. The van der Waals surface area contributed by atoms with Crippen LogP contribution in [0.5, 0.6) is 0 Å². The zero-order chi connectivity index (χ0) is 21.7. The summed E-state index contributed by atoms with van der Waals surface area (Å²) >= 11 is 0. The molecular formula is C21H21N3O6. The van der Waals surface area contributed by atoms with E-state index in [1.165, 1.54) is 0 Å². The van der Waals surface area contributed by atoms with Gasteiger partial charge in [0.15, 0.2) is 0 Å². The van der Waals surface area contributed by atoms with E-state index in [2.05, 4.69) is 10.3 Å². The number of aliphatic imine (C=N–C) groups is 1. The molecule has 1 aliphatic carbocycles. The summed E-state index contributed by atoms with van der Waals surface area (Å²) in [7, 11) is 0. The Labute approximate surface area is 172 Å². The van der Waals surface area contributed by atoms with Crippen LogP contribution in [0.25, 0.3) is 11.1 Å². The van der Waals surface area contributed by atoms with Crippen molar-refractivity contribution >= 4 is 24.0 Å². The van der Waals surface area contributed by atoms with Gasteiger partial charge in [-0.05, 0) is 28.7 Å². The van der Waals surface area contributed by atoms with Crippen LogP contribution in [-0.4, -0.2) is 46.9 Å². The first-order valence-corrected chi connectivity index (χ1v) is 9.27. The van der Waals surface area contributed by atoms with E-state index >= 15 is 0 Å². The standard InChI is InChI=1S/C21H21N3O6/c22-18(24-20(27)28)10-9-17(19(25)26)23-21(29)30-11-16-14-7-3-1-5-12(14)13-6-2-4-8-15(13)16/h1-8,16-17H,9-11H2,(H2,22,24)(H,23,29)(H,25,26)(H,27,28)/t17-/m0/s1. The van der Waals surface area contributed by atoms with Crippen molar-refractivity contribution in [2.45, 2.75) is 24.8 Å². The van der Waals surface area contributed by atoms with Gasteiger partial charge >= 0.3 is 18.2 Å². The van der Waals surface area contributed by atoms with Crippen LogP contribution in [0.2, 0.25) is 0 Å². The number of rotatable bonds is 7. The Kier molecular flexibility index (Phi) is 6.31. The molecule has 2 aromatic rings. The van der Waals surface area contributed by atoms with Gasteiger partial charge < -0.3 is 26.0 Å². The Morgan fingerprint density at radius 3 is 2.13 bits per heavy atom. The summed E-state index contributed by atoms with van der Waals surface area (Å²) in [6.07, 6.45) is -2.57. The third kappa shape index (κ3) is 4.75. The Bertz CT molecular complexity index is 958. The Morgan fingerprint density at radius 1 is 1.03 bits per heavy atom. The number of benzene rings is 2. The first-order valence-electron chi connectivity index (χ1n) is 9.27. The molecule has 0 bridgehead atoms. The summed E-state index contributed by atoms with van der Waals surface area (Å²) < 4.78 is 5.32. The lowest BCUT2D eigenvalue weighted by Gasteiger charge is -2.17. The maximum Gasteiger partial charge on any atom is 0.432 e. The number of amides is 2. The van der Waals surface area contributed by atoms with Gasteiger partial charge in [-0.3, -0.25) is 0 Å². The van der Waals surface area contributed by atoms with E-state index in [0.29, 0.717) is 0 Å². The van der Waals surface area contributed by atoms with Crippen molar-refractivity contribution in [2.75, 3.05) is 6.61 Å². The number of aliphatic carboxylic acids is 1. The van der Waals surface area contributed by atoms with Gasteiger partial charge in [0.25, 0.3) is 0 Å². The second-order valence-electron chi connectivity index (χ2n) is 6.79. The second-order valence-corrected chi connectivity index (χ2v) is 6.79. The normalized spacial score (nSPS) is 13.8. The van der Waals surface area contributed by atoms with E-state index in [-0.39, 0.29) is 31.2 Å². The van der Waals surface area contributed by atoms with Crippen molar-refractivity contribution in [3.05, 3.63) is 59.7 Å². The molecule has 1 atom stereocenters. The number of carboxylic acids is 1. The number of carbonyl (C=O) groups excluding carboxylic acids is 1. The molecule has 2 aromatic carbocycles. The van der Waals surface area contributed by atoms with Gasteiger partial charge in [-0.25, -0.2) is 14.4 Å². The van der Waals surface area contributed by atoms with Crippen LogP contribution in [-0.2, 0) is 9.53 Å². The topological polar surface area (TPSA) is 151 Å². The molecule has 0 saturated carbocycles. The molecule has 0 aliphatic heterocycles. The van der Waals surface area contributed by atoms with E-state index < -0.39 is 24.2 Å². The highest BCUT2D eigenvalue weighted by Crippen LogP contribution is 2.44. The van der Waals surface area contributed by atoms with E-state index in [1.807, 2.05) is 48.5 Å². The maximum atomic E-state index is 12.2. The van der Waals surface area contributed by atoms with Crippen molar-refractivity contribution in [1.82, 2.24) is 5.32 Å². The molecule has 156 valence electrons. The summed E-state index contributed by atoms with van der Waals surface area (Å²) in [6.45, 7) is 0.0504. The van der Waals surface area contributed by atoms with E-state index in [0.717, 1.165) is 22.3 Å². The zero-order valence-electron chi connectivity index (χ0n) is 15.9. The van der Waals surface area contributed by atoms with Gasteiger partial charge in [0.1, 0.15) is 18.5 Å². The molecule has 9 nitrogen and oxygen atoms in total. The average molecular weight is 411 g/mol. The van der Waals surface area contributed by atoms with Crippen molar-refractivity contribution in [3.63, 3.8) is 0 Å². The van der Waals surface area contributed by atoms with E-state index in [1.54, 1.807) is 0 Å². The van der Waals surface area contributed by atoms with Crippen molar-refractivity contribution in [3.8, 4) is 11.1 Å². The van der Waals surface area contributed by atoms with Gasteiger partial charge in [-0.1, -0.05) is 48.5 Å². The lowest BCUT2D eigenvalue weighted by molar-refractivity contribution is -0.139. The fraction of sp³-hybridized carbons (Fsp3) is 0.238. The van der Waals surface area contributed by atoms with Crippen molar-refractivity contribution < 1.29 is 29.3 Å².